The molecular weight excluding hydrogens is 268 g/mol. The van der Waals surface area contributed by atoms with E-state index in [0.717, 1.165) is 11.1 Å². The van der Waals surface area contributed by atoms with Crippen molar-refractivity contribution < 1.29 is 14.6 Å². The fourth-order valence-corrected chi connectivity index (χ4v) is 1.98. The number of hydrogen-bond acceptors (Lipinski definition) is 4. The first kappa shape index (κ1) is 15.3. The van der Waals surface area contributed by atoms with Crippen molar-refractivity contribution in [3.05, 3.63) is 54.1 Å². The van der Waals surface area contributed by atoms with Crippen molar-refractivity contribution in [2.75, 3.05) is 0 Å². The molecule has 0 amide bonds. The van der Waals surface area contributed by atoms with Crippen molar-refractivity contribution in [1.82, 2.24) is 9.55 Å². The highest BCUT2D eigenvalue weighted by molar-refractivity contribution is 5.70. The minimum atomic E-state index is -0.893. The van der Waals surface area contributed by atoms with Gasteiger partial charge in [0, 0.05) is 12.4 Å². The smallest absolute Gasteiger partial charge is 0.420 e. The molecule has 0 saturated heterocycles. The van der Waals surface area contributed by atoms with Gasteiger partial charge in [0.25, 0.3) is 0 Å². The van der Waals surface area contributed by atoms with E-state index >= 15 is 0 Å². The van der Waals surface area contributed by atoms with E-state index in [4.69, 9.17) is 4.74 Å². The number of hydrogen-bond donors (Lipinski definition) is 1. The van der Waals surface area contributed by atoms with Gasteiger partial charge < -0.3 is 9.84 Å². The maximum absolute atomic E-state index is 12.0. The Balaban J connectivity index is 2.17. The molecule has 21 heavy (non-hydrogen) atoms. The van der Waals surface area contributed by atoms with E-state index in [1.807, 2.05) is 38.1 Å². The van der Waals surface area contributed by atoms with Crippen LogP contribution in [0.25, 0.3) is 0 Å². The van der Waals surface area contributed by atoms with E-state index in [0.29, 0.717) is 0 Å². The Hall–Kier alpha value is -2.14. The van der Waals surface area contributed by atoms with Gasteiger partial charge in [-0.2, -0.15) is 0 Å². The highest BCUT2D eigenvalue weighted by Gasteiger charge is 2.27. The summed E-state index contributed by atoms with van der Waals surface area (Å²) in [6, 6.07) is 7.38. The summed E-state index contributed by atoms with van der Waals surface area (Å²) in [6.07, 6.45) is 3.97. The number of benzene rings is 1. The van der Waals surface area contributed by atoms with Crippen molar-refractivity contribution >= 4 is 6.09 Å². The lowest BCUT2D eigenvalue weighted by atomic mass is 9.92. The van der Waals surface area contributed by atoms with Crippen LogP contribution in [0.2, 0.25) is 0 Å². The maximum atomic E-state index is 12.0. The van der Waals surface area contributed by atoms with Gasteiger partial charge in [-0.3, -0.25) is 0 Å². The summed E-state index contributed by atoms with van der Waals surface area (Å²) in [4.78, 5) is 15.8. The summed E-state index contributed by atoms with van der Waals surface area (Å²) in [5.41, 5.74) is -0.0118. The minimum absolute atomic E-state index is 0.482. The lowest BCUT2D eigenvalue weighted by molar-refractivity contribution is 0.0370. The predicted octanol–water partition coefficient (Wildman–Crippen LogP) is 3.03. The first-order valence-corrected chi connectivity index (χ1v) is 6.75. The third-order valence-corrected chi connectivity index (χ3v) is 3.34. The van der Waals surface area contributed by atoms with Crippen LogP contribution in [0.4, 0.5) is 4.79 Å². The summed E-state index contributed by atoms with van der Waals surface area (Å²) < 4.78 is 6.80. The molecule has 1 aromatic carbocycles. The topological polar surface area (TPSA) is 64.3 Å². The third kappa shape index (κ3) is 3.49. The average molecular weight is 288 g/mol. The lowest BCUT2D eigenvalue weighted by Gasteiger charge is -2.26. The van der Waals surface area contributed by atoms with E-state index in [9.17, 15) is 9.90 Å². The fraction of sp³-hybridized carbons (Fsp3) is 0.375. The Bertz CT molecular complexity index is 608. The molecule has 1 heterocycles. The molecule has 5 heteroatoms. The van der Waals surface area contributed by atoms with Gasteiger partial charge in [0.1, 0.15) is 11.9 Å². The van der Waals surface area contributed by atoms with Gasteiger partial charge in [-0.15, -0.1) is 0 Å². The number of nitrogens with zero attached hydrogens (tertiary/aromatic N) is 2. The van der Waals surface area contributed by atoms with Gasteiger partial charge in [-0.05, 0) is 38.8 Å². The van der Waals surface area contributed by atoms with E-state index in [2.05, 4.69) is 4.98 Å². The van der Waals surface area contributed by atoms with Crippen LogP contribution in [0.15, 0.2) is 43.0 Å². The van der Waals surface area contributed by atoms with Crippen molar-refractivity contribution in [1.29, 1.82) is 0 Å². The molecule has 1 aromatic heterocycles. The monoisotopic (exact) mass is 288 g/mol. The van der Waals surface area contributed by atoms with Crippen LogP contribution < -0.4 is 0 Å². The fourth-order valence-electron chi connectivity index (χ4n) is 1.98. The second-order valence-corrected chi connectivity index (χ2v) is 5.98. The molecule has 0 bridgehead atoms. The average Bonchev–Trinajstić information content (AvgIpc) is 2.91. The molecule has 2 aromatic rings. The highest BCUT2D eigenvalue weighted by Crippen LogP contribution is 2.28. The lowest BCUT2D eigenvalue weighted by Crippen LogP contribution is -2.28. The molecule has 1 N–H and O–H groups in total. The second-order valence-electron chi connectivity index (χ2n) is 5.98. The second kappa shape index (κ2) is 5.33. The zero-order chi connectivity index (χ0) is 15.7. The largest absolute Gasteiger partial charge is 0.438 e. The number of imidazole rings is 1. The molecule has 0 spiro atoms. The normalized spacial score (nSPS) is 12.2. The first-order valence-electron chi connectivity index (χ1n) is 6.75. The van der Waals surface area contributed by atoms with Crippen LogP contribution >= 0.6 is 0 Å². The number of aliphatic hydroxyl groups is 1. The number of ether oxygens (including phenoxy) is 1. The molecule has 0 saturated carbocycles. The molecule has 0 atom stereocenters. The summed E-state index contributed by atoms with van der Waals surface area (Å²) >= 11 is 0. The molecule has 0 radical (unpaired) electrons. The van der Waals surface area contributed by atoms with E-state index < -0.39 is 17.3 Å². The van der Waals surface area contributed by atoms with Gasteiger partial charge in [0.2, 0.25) is 0 Å². The zero-order valence-electron chi connectivity index (χ0n) is 12.7. The van der Waals surface area contributed by atoms with Gasteiger partial charge in [0.05, 0.1) is 5.60 Å². The van der Waals surface area contributed by atoms with Crippen LogP contribution in [-0.2, 0) is 15.9 Å². The maximum Gasteiger partial charge on any atom is 0.420 e. The van der Waals surface area contributed by atoms with Crippen molar-refractivity contribution in [3.8, 4) is 0 Å². The summed E-state index contributed by atoms with van der Waals surface area (Å²) in [5.74, 6) is 0. The van der Waals surface area contributed by atoms with Crippen LogP contribution in [0.1, 0.15) is 38.8 Å². The summed E-state index contributed by atoms with van der Waals surface area (Å²) in [7, 11) is 0. The molecule has 5 nitrogen and oxygen atoms in total. The standard InChI is InChI=1S/C16H20N2O3/c1-15(2,20)12-5-7-13(8-6-12)16(3,4)21-14(19)18-10-9-17-11-18/h5-11,20H,1-4H3. The molecule has 0 aliphatic heterocycles. The molecule has 0 aliphatic carbocycles. The Morgan fingerprint density at radius 3 is 2.19 bits per heavy atom. The van der Waals surface area contributed by atoms with E-state index in [1.165, 1.54) is 23.3 Å². The number of aromatic nitrogens is 2. The van der Waals surface area contributed by atoms with Gasteiger partial charge in [-0.25, -0.2) is 14.3 Å². The van der Waals surface area contributed by atoms with Crippen molar-refractivity contribution in [2.45, 2.75) is 38.9 Å². The van der Waals surface area contributed by atoms with Crippen LogP contribution in [-0.4, -0.2) is 20.8 Å². The van der Waals surface area contributed by atoms with Gasteiger partial charge in [-0.1, -0.05) is 24.3 Å². The number of rotatable bonds is 3. The Morgan fingerprint density at radius 2 is 1.71 bits per heavy atom. The highest BCUT2D eigenvalue weighted by atomic mass is 16.6. The minimum Gasteiger partial charge on any atom is -0.438 e. The SMILES string of the molecule is CC(C)(O)c1ccc(C(C)(C)OC(=O)n2ccnc2)cc1. The Kier molecular flexibility index (Phi) is 3.87. The quantitative estimate of drug-likeness (QED) is 0.943. The Labute approximate surface area is 124 Å². The predicted molar refractivity (Wildman–Crippen MR) is 78.8 cm³/mol. The van der Waals surface area contributed by atoms with E-state index in [-0.39, 0.29) is 0 Å². The molecule has 0 unspecified atom stereocenters. The molecule has 112 valence electrons. The van der Waals surface area contributed by atoms with Crippen LogP contribution in [0.5, 0.6) is 0 Å². The molecule has 0 aliphatic rings. The molecule has 2 rings (SSSR count). The molecule has 0 fully saturated rings. The first-order chi connectivity index (χ1) is 9.70. The van der Waals surface area contributed by atoms with Gasteiger partial charge in [0.15, 0.2) is 0 Å². The number of carbonyl (C=O) groups excluding carboxylic acids is 1. The zero-order valence-corrected chi connectivity index (χ0v) is 12.7. The Morgan fingerprint density at radius 1 is 1.14 bits per heavy atom. The number of carbonyl (C=O) groups is 1. The van der Waals surface area contributed by atoms with Crippen LogP contribution in [0, 0.1) is 0 Å². The van der Waals surface area contributed by atoms with E-state index in [1.54, 1.807) is 13.8 Å². The summed E-state index contributed by atoms with van der Waals surface area (Å²) in [6.45, 7) is 7.10. The van der Waals surface area contributed by atoms with Crippen molar-refractivity contribution in [2.24, 2.45) is 0 Å². The van der Waals surface area contributed by atoms with Crippen molar-refractivity contribution in [3.63, 3.8) is 0 Å². The van der Waals surface area contributed by atoms with Crippen LogP contribution in [0.3, 0.4) is 0 Å². The van der Waals surface area contributed by atoms with Gasteiger partial charge >= 0.3 is 6.09 Å². The summed E-state index contributed by atoms with van der Waals surface area (Å²) in [5, 5.41) is 9.96. The molecular formula is C16H20N2O3. The third-order valence-electron chi connectivity index (χ3n) is 3.34.